The lowest BCUT2D eigenvalue weighted by molar-refractivity contribution is -0.140. The minimum absolute atomic E-state index is 0.0181. The Morgan fingerprint density at radius 3 is 2.00 bits per heavy atom. The highest BCUT2D eigenvalue weighted by atomic mass is 16.5. The van der Waals surface area contributed by atoms with E-state index in [1.807, 2.05) is 0 Å². The first kappa shape index (κ1) is 18.1. The van der Waals surface area contributed by atoms with Crippen molar-refractivity contribution in [3.8, 4) is 0 Å². The predicted molar refractivity (Wildman–Crippen MR) is 80.9 cm³/mol. The maximum atomic E-state index is 12.1. The Morgan fingerprint density at radius 1 is 0.957 bits per heavy atom. The lowest BCUT2D eigenvalue weighted by Gasteiger charge is -2.28. The van der Waals surface area contributed by atoms with Gasteiger partial charge in [0.25, 0.3) is 0 Å². The first-order chi connectivity index (χ1) is 11.2. The molecule has 1 unspecified atom stereocenters. The zero-order valence-corrected chi connectivity index (χ0v) is 13.4. The summed E-state index contributed by atoms with van der Waals surface area (Å²) < 4.78 is 15.9. The second-order valence-electron chi connectivity index (χ2n) is 5.62. The molecule has 0 radical (unpaired) electrons. The molecule has 8 heteroatoms. The number of hydrogen-bond acceptors (Lipinski definition) is 6. The zero-order valence-electron chi connectivity index (χ0n) is 13.4. The standard InChI is InChI=1S/C15H26N2O6/c18-12-13(11-15(20)17-4-9-22-10-5-17)23-6-1-14(19)16-2-7-21-8-3-16/h13,18H,1-12H2. The Morgan fingerprint density at radius 2 is 1.48 bits per heavy atom. The number of aliphatic hydroxyl groups is 1. The molecule has 0 bridgehead atoms. The second-order valence-corrected chi connectivity index (χ2v) is 5.62. The van der Waals surface area contributed by atoms with Crippen LogP contribution < -0.4 is 0 Å². The van der Waals surface area contributed by atoms with Gasteiger partial charge in [-0.3, -0.25) is 9.59 Å². The van der Waals surface area contributed by atoms with Gasteiger partial charge in [-0.25, -0.2) is 0 Å². The minimum atomic E-state index is -0.567. The summed E-state index contributed by atoms with van der Waals surface area (Å²) in [4.78, 5) is 27.5. The van der Waals surface area contributed by atoms with Crippen LogP contribution in [0.2, 0.25) is 0 Å². The van der Waals surface area contributed by atoms with Crippen molar-refractivity contribution in [2.24, 2.45) is 0 Å². The fraction of sp³-hybridized carbons (Fsp3) is 0.867. The van der Waals surface area contributed by atoms with E-state index in [2.05, 4.69) is 0 Å². The fourth-order valence-corrected chi connectivity index (χ4v) is 2.60. The molecule has 0 aromatic heterocycles. The molecule has 0 aromatic carbocycles. The molecule has 0 aliphatic carbocycles. The smallest absolute Gasteiger partial charge is 0.225 e. The maximum absolute atomic E-state index is 12.1. The Kier molecular flexibility index (Phi) is 7.73. The van der Waals surface area contributed by atoms with Crippen LogP contribution in [0.3, 0.4) is 0 Å². The molecule has 132 valence electrons. The number of morpholine rings is 2. The van der Waals surface area contributed by atoms with E-state index < -0.39 is 6.10 Å². The molecule has 2 saturated heterocycles. The van der Waals surface area contributed by atoms with Crippen molar-refractivity contribution in [2.75, 3.05) is 65.8 Å². The summed E-state index contributed by atoms with van der Waals surface area (Å²) in [7, 11) is 0. The monoisotopic (exact) mass is 330 g/mol. The van der Waals surface area contributed by atoms with Gasteiger partial charge in [-0.15, -0.1) is 0 Å². The summed E-state index contributed by atoms with van der Waals surface area (Å²) in [6, 6.07) is 0. The van der Waals surface area contributed by atoms with E-state index in [9.17, 15) is 14.7 Å². The van der Waals surface area contributed by atoms with Gasteiger partial charge in [-0.1, -0.05) is 0 Å². The maximum Gasteiger partial charge on any atom is 0.225 e. The highest BCUT2D eigenvalue weighted by Gasteiger charge is 2.22. The summed E-state index contributed by atoms with van der Waals surface area (Å²) in [5.74, 6) is -0.0312. The average Bonchev–Trinajstić information content (AvgIpc) is 2.62. The molecular formula is C15H26N2O6. The Hall–Kier alpha value is -1.22. The SMILES string of the molecule is O=C(CCOC(CO)CC(=O)N1CCOCC1)N1CCOCC1. The van der Waals surface area contributed by atoms with Gasteiger partial charge in [0.15, 0.2) is 0 Å². The van der Waals surface area contributed by atoms with E-state index in [1.165, 1.54) is 0 Å². The summed E-state index contributed by atoms with van der Waals surface area (Å²) in [5, 5.41) is 9.35. The van der Waals surface area contributed by atoms with Crippen LogP contribution in [0.15, 0.2) is 0 Å². The molecule has 0 spiro atoms. The van der Waals surface area contributed by atoms with Gasteiger partial charge in [0.1, 0.15) is 0 Å². The van der Waals surface area contributed by atoms with E-state index in [1.54, 1.807) is 9.80 Å². The molecule has 1 atom stereocenters. The fourth-order valence-electron chi connectivity index (χ4n) is 2.60. The Bertz CT molecular complexity index is 380. The third kappa shape index (κ3) is 6.06. The first-order valence-electron chi connectivity index (χ1n) is 8.14. The molecule has 0 saturated carbocycles. The van der Waals surface area contributed by atoms with Gasteiger partial charge < -0.3 is 29.1 Å². The predicted octanol–water partition coefficient (Wildman–Crippen LogP) is -1.14. The van der Waals surface area contributed by atoms with Crippen LogP contribution in [0.4, 0.5) is 0 Å². The topological polar surface area (TPSA) is 88.5 Å². The number of carbonyl (C=O) groups excluding carboxylic acids is 2. The van der Waals surface area contributed by atoms with Crippen LogP contribution in [-0.4, -0.2) is 98.6 Å². The van der Waals surface area contributed by atoms with Crippen LogP contribution >= 0.6 is 0 Å². The number of ether oxygens (including phenoxy) is 3. The van der Waals surface area contributed by atoms with E-state index in [0.29, 0.717) is 52.6 Å². The number of rotatable bonds is 7. The van der Waals surface area contributed by atoms with Gasteiger partial charge >= 0.3 is 0 Å². The number of aliphatic hydroxyl groups excluding tert-OH is 1. The van der Waals surface area contributed by atoms with Gasteiger partial charge in [0.05, 0.1) is 58.6 Å². The second kappa shape index (κ2) is 9.82. The van der Waals surface area contributed by atoms with Gasteiger partial charge in [0, 0.05) is 26.2 Å². The molecule has 8 nitrogen and oxygen atoms in total. The van der Waals surface area contributed by atoms with E-state index >= 15 is 0 Å². The van der Waals surface area contributed by atoms with E-state index in [0.717, 1.165) is 0 Å². The third-order valence-corrected chi connectivity index (χ3v) is 4.00. The van der Waals surface area contributed by atoms with Crippen molar-refractivity contribution in [3.05, 3.63) is 0 Å². The Labute approximate surface area is 136 Å². The largest absolute Gasteiger partial charge is 0.394 e. The lowest BCUT2D eigenvalue weighted by Crippen LogP contribution is -2.43. The first-order valence-corrected chi connectivity index (χ1v) is 8.14. The van der Waals surface area contributed by atoms with Gasteiger partial charge in [-0.05, 0) is 0 Å². The molecule has 2 fully saturated rings. The van der Waals surface area contributed by atoms with Crippen molar-refractivity contribution in [1.82, 2.24) is 9.80 Å². The average molecular weight is 330 g/mol. The van der Waals surface area contributed by atoms with Crippen molar-refractivity contribution in [1.29, 1.82) is 0 Å². The summed E-state index contributed by atoms with van der Waals surface area (Å²) in [5.41, 5.74) is 0. The molecule has 2 aliphatic heterocycles. The molecule has 23 heavy (non-hydrogen) atoms. The van der Waals surface area contributed by atoms with Crippen LogP contribution in [0.5, 0.6) is 0 Å². The molecule has 2 rings (SSSR count). The van der Waals surface area contributed by atoms with Gasteiger partial charge in [-0.2, -0.15) is 0 Å². The van der Waals surface area contributed by atoms with E-state index in [-0.39, 0.29) is 37.9 Å². The van der Waals surface area contributed by atoms with Crippen LogP contribution in [0.25, 0.3) is 0 Å². The minimum Gasteiger partial charge on any atom is -0.394 e. The summed E-state index contributed by atoms with van der Waals surface area (Å²) in [6.45, 7) is 4.57. The number of nitrogens with zero attached hydrogens (tertiary/aromatic N) is 2. The molecule has 1 N–H and O–H groups in total. The quantitative estimate of drug-likeness (QED) is 0.635. The van der Waals surface area contributed by atoms with Crippen molar-refractivity contribution in [2.45, 2.75) is 18.9 Å². The number of carbonyl (C=O) groups is 2. The third-order valence-electron chi connectivity index (χ3n) is 4.00. The lowest BCUT2D eigenvalue weighted by atomic mass is 10.2. The van der Waals surface area contributed by atoms with Crippen molar-refractivity contribution in [3.63, 3.8) is 0 Å². The molecule has 0 aromatic rings. The number of hydrogen-bond donors (Lipinski definition) is 1. The highest BCUT2D eigenvalue weighted by molar-refractivity contribution is 5.77. The van der Waals surface area contributed by atoms with Crippen molar-refractivity contribution >= 4 is 11.8 Å². The molecule has 2 aliphatic rings. The number of amides is 2. The van der Waals surface area contributed by atoms with Gasteiger partial charge in [0.2, 0.25) is 11.8 Å². The van der Waals surface area contributed by atoms with Crippen LogP contribution in [-0.2, 0) is 23.8 Å². The summed E-state index contributed by atoms with van der Waals surface area (Å²) in [6.07, 6.45) is -0.187. The normalized spacial score (nSPS) is 20.4. The molecule has 2 amide bonds. The van der Waals surface area contributed by atoms with E-state index in [4.69, 9.17) is 14.2 Å². The highest BCUT2D eigenvalue weighted by Crippen LogP contribution is 2.07. The van der Waals surface area contributed by atoms with Crippen LogP contribution in [0.1, 0.15) is 12.8 Å². The Balaban J connectivity index is 1.65. The molecular weight excluding hydrogens is 304 g/mol. The summed E-state index contributed by atoms with van der Waals surface area (Å²) >= 11 is 0. The zero-order chi connectivity index (χ0) is 16.5. The van der Waals surface area contributed by atoms with Crippen molar-refractivity contribution < 1.29 is 28.9 Å². The van der Waals surface area contributed by atoms with Crippen LogP contribution in [0, 0.1) is 0 Å². The molecule has 2 heterocycles.